The molecule has 2 N–H and O–H groups in total. The summed E-state index contributed by atoms with van der Waals surface area (Å²) in [7, 11) is 3.25. The van der Waals surface area contributed by atoms with Crippen LogP contribution < -0.4 is 15.2 Å². The predicted molar refractivity (Wildman–Crippen MR) is 67.7 cm³/mol. The zero-order chi connectivity index (χ0) is 12.3. The van der Waals surface area contributed by atoms with Crippen molar-refractivity contribution in [3.05, 3.63) is 40.3 Å². The molecule has 1 atom stereocenters. The van der Waals surface area contributed by atoms with Crippen LogP contribution in [-0.4, -0.2) is 19.2 Å². The number of thiophene rings is 1. The van der Waals surface area contributed by atoms with Crippen LogP contribution in [0.1, 0.15) is 16.5 Å². The van der Waals surface area contributed by atoms with Crippen LogP contribution in [0.15, 0.2) is 29.9 Å². The molecule has 0 aliphatic carbocycles. The van der Waals surface area contributed by atoms with Gasteiger partial charge in [0.05, 0.1) is 31.3 Å². The topological polar surface area (TPSA) is 57.4 Å². The van der Waals surface area contributed by atoms with Crippen molar-refractivity contribution >= 4 is 11.3 Å². The number of nitrogens with zero attached hydrogens (tertiary/aromatic N) is 1. The second kappa shape index (κ2) is 5.16. The van der Waals surface area contributed by atoms with Crippen LogP contribution in [0.25, 0.3) is 0 Å². The SMILES string of the molecule is COc1cncc(C(N)c2sccc2OC)c1. The van der Waals surface area contributed by atoms with Gasteiger partial charge in [0.25, 0.3) is 0 Å². The summed E-state index contributed by atoms with van der Waals surface area (Å²) >= 11 is 1.57. The lowest BCUT2D eigenvalue weighted by atomic mass is 10.1. The van der Waals surface area contributed by atoms with Crippen molar-refractivity contribution in [1.82, 2.24) is 4.98 Å². The average Bonchev–Trinajstić information content (AvgIpc) is 2.86. The highest BCUT2D eigenvalue weighted by atomic mass is 32.1. The van der Waals surface area contributed by atoms with E-state index in [2.05, 4.69) is 4.98 Å². The third-order valence-electron chi connectivity index (χ3n) is 2.49. The summed E-state index contributed by atoms with van der Waals surface area (Å²) in [6, 6.07) is 3.55. The van der Waals surface area contributed by atoms with E-state index in [0.717, 1.165) is 16.2 Å². The summed E-state index contributed by atoms with van der Waals surface area (Å²) < 4.78 is 10.4. The van der Waals surface area contributed by atoms with Crippen molar-refractivity contribution in [1.29, 1.82) is 0 Å². The fourth-order valence-electron chi connectivity index (χ4n) is 1.57. The Labute approximate surface area is 104 Å². The van der Waals surface area contributed by atoms with Crippen molar-refractivity contribution in [3.8, 4) is 11.5 Å². The van der Waals surface area contributed by atoms with E-state index in [1.165, 1.54) is 0 Å². The van der Waals surface area contributed by atoms with Crippen molar-refractivity contribution in [3.63, 3.8) is 0 Å². The van der Waals surface area contributed by atoms with Crippen LogP contribution in [0.4, 0.5) is 0 Å². The van der Waals surface area contributed by atoms with Crippen molar-refractivity contribution in [2.75, 3.05) is 14.2 Å². The third-order valence-corrected chi connectivity index (χ3v) is 3.47. The van der Waals surface area contributed by atoms with E-state index in [1.807, 2.05) is 17.5 Å². The van der Waals surface area contributed by atoms with Crippen molar-refractivity contribution in [2.24, 2.45) is 5.73 Å². The van der Waals surface area contributed by atoms with Gasteiger partial charge in [-0.25, -0.2) is 0 Å². The molecule has 17 heavy (non-hydrogen) atoms. The number of nitrogens with two attached hydrogens (primary N) is 1. The largest absolute Gasteiger partial charge is 0.496 e. The predicted octanol–water partition coefficient (Wildman–Crippen LogP) is 2.21. The van der Waals surface area contributed by atoms with Crippen LogP contribution in [0.5, 0.6) is 11.5 Å². The Hall–Kier alpha value is -1.59. The molecule has 0 saturated heterocycles. The first-order valence-corrected chi connectivity index (χ1v) is 6.00. The molecule has 0 spiro atoms. The molecule has 90 valence electrons. The minimum absolute atomic E-state index is 0.243. The Morgan fingerprint density at radius 1 is 1.29 bits per heavy atom. The highest BCUT2D eigenvalue weighted by Gasteiger charge is 2.16. The van der Waals surface area contributed by atoms with Gasteiger partial charge in [-0.1, -0.05) is 0 Å². The second-order valence-electron chi connectivity index (χ2n) is 3.49. The maximum absolute atomic E-state index is 6.20. The van der Waals surface area contributed by atoms with Gasteiger partial charge in [0.2, 0.25) is 0 Å². The number of aromatic nitrogens is 1. The Kier molecular flexibility index (Phi) is 3.61. The maximum atomic E-state index is 6.20. The lowest BCUT2D eigenvalue weighted by Gasteiger charge is -2.12. The maximum Gasteiger partial charge on any atom is 0.137 e. The van der Waals surface area contributed by atoms with Gasteiger partial charge in [0.1, 0.15) is 11.5 Å². The van der Waals surface area contributed by atoms with E-state index in [9.17, 15) is 0 Å². The average molecular weight is 250 g/mol. The highest BCUT2D eigenvalue weighted by molar-refractivity contribution is 7.10. The Morgan fingerprint density at radius 3 is 2.82 bits per heavy atom. The normalized spacial score (nSPS) is 12.2. The van der Waals surface area contributed by atoms with Crippen molar-refractivity contribution < 1.29 is 9.47 Å². The van der Waals surface area contributed by atoms with Gasteiger partial charge in [-0.15, -0.1) is 11.3 Å². The molecule has 1 unspecified atom stereocenters. The molecular weight excluding hydrogens is 236 g/mol. The summed E-state index contributed by atoms with van der Waals surface area (Å²) in [4.78, 5) is 5.09. The molecule has 2 heterocycles. The van der Waals surface area contributed by atoms with E-state index in [4.69, 9.17) is 15.2 Å². The van der Waals surface area contributed by atoms with Gasteiger partial charge in [-0.05, 0) is 23.1 Å². The van der Waals surface area contributed by atoms with E-state index in [-0.39, 0.29) is 6.04 Å². The number of hydrogen-bond acceptors (Lipinski definition) is 5. The van der Waals surface area contributed by atoms with E-state index >= 15 is 0 Å². The molecule has 0 aliphatic heterocycles. The lowest BCUT2D eigenvalue weighted by Crippen LogP contribution is -2.11. The Balaban J connectivity index is 2.33. The first kappa shape index (κ1) is 11.9. The summed E-state index contributed by atoms with van der Waals surface area (Å²) in [6.45, 7) is 0. The van der Waals surface area contributed by atoms with Crippen LogP contribution in [0, 0.1) is 0 Å². The zero-order valence-corrected chi connectivity index (χ0v) is 10.5. The smallest absolute Gasteiger partial charge is 0.137 e. The first-order valence-electron chi connectivity index (χ1n) is 5.12. The van der Waals surface area contributed by atoms with E-state index < -0.39 is 0 Å². The standard InChI is InChI=1S/C12H14N2O2S/c1-15-9-5-8(6-14-7-9)11(13)12-10(16-2)3-4-17-12/h3-7,11H,13H2,1-2H3. The summed E-state index contributed by atoms with van der Waals surface area (Å²) in [5, 5.41) is 1.96. The Bertz CT molecular complexity index is 499. The number of ether oxygens (including phenoxy) is 2. The van der Waals surface area contributed by atoms with Gasteiger partial charge in [-0.3, -0.25) is 4.98 Å². The van der Waals surface area contributed by atoms with E-state index in [1.54, 1.807) is 38.0 Å². The first-order chi connectivity index (χ1) is 8.26. The number of hydrogen-bond donors (Lipinski definition) is 1. The molecule has 5 heteroatoms. The van der Waals surface area contributed by atoms with E-state index in [0.29, 0.717) is 5.75 Å². The van der Waals surface area contributed by atoms with Crippen LogP contribution >= 0.6 is 11.3 Å². The van der Waals surface area contributed by atoms with Crippen LogP contribution in [-0.2, 0) is 0 Å². The van der Waals surface area contributed by atoms with Gasteiger partial charge in [-0.2, -0.15) is 0 Å². The number of pyridine rings is 1. The third kappa shape index (κ3) is 2.40. The molecule has 0 aliphatic rings. The molecule has 2 rings (SSSR count). The minimum Gasteiger partial charge on any atom is -0.496 e. The fraction of sp³-hybridized carbons (Fsp3) is 0.250. The molecule has 0 aromatic carbocycles. The minimum atomic E-state index is -0.243. The molecule has 0 saturated carbocycles. The van der Waals surface area contributed by atoms with Gasteiger partial charge >= 0.3 is 0 Å². The summed E-state index contributed by atoms with van der Waals surface area (Å²) in [6.07, 6.45) is 3.40. The lowest BCUT2D eigenvalue weighted by molar-refractivity contribution is 0.408. The van der Waals surface area contributed by atoms with Gasteiger partial charge < -0.3 is 15.2 Å². The summed E-state index contributed by atoms with van der Waals surface area (Å²) in [5.74, 6) is 1.51. The van der Waals surface area contributed by atoms with Gasteiger partial charge in [0.15, 0.2) is 0 Å². The molecule has 2 aromatic rings. The number of rotatable bonds is 4. The molecule has 4 nitrogen and oxygen atoms in total. The van der Waals surface area contributed by atoms with Crippen molar-refractivity contribution in [2.45, 2.75) is 6.04 Å². The Morgan fingerprint density at radius 2 is 2.12 bits per heavy atom. The molecule has 2 aromatic heterocycles. The molecule has 0 bridgehead atoms. The van der Waals surface area contributed by atoms with Gasteiger partial charge in [0, 0.05) is 6.20 Å². The molecule has 0 amide bonds. The summed E-state index contributed by atoms with van der Waals surface area (Å²) in [5.41, 5.74) is 7.10. The molecule has 0 fully saturated rings. The number of methoxy groups -OCH3 is 2. The van der Waals surface area contributed by atoms with Crippen LogP contribution in [0.3, 0.4) is 0 Å². The molecule has 0 radical (unpaired) electrons. The monoisotopic (exact) mass is 250 g/mol. The quantitative estimate of drug-likeness (QED) is 0.903. The highest BCUT2D eigenvalue weighted by Crippen LogP contribution is 2.33. The van der Waals surface area contributed by atoms with Crippen LogP contribution in [0.2, 0.25) is 0 Å². The second-order valence-corrected chi connectivity index (χ2v) is 4.44. The zero-order valence-electron chi connectivity index (χ0n) is 9.71. The molecular formula is C12H14N2O2S. The fourth-order valence-corrected chi connectivity index (χ4v) is 2.46.